The molecule has 3 heteroatoms. The fourth-order valence-electron chi connectivity index (χ4n) is 9.06. The van der Waals surface area contributed by atoms with Crippen molar-refractivity contribution in [2.24, 2.45) is 0 Å². The van der Waals surface area contributed by atoms with Crippen molar-refractivity contribution in [1.82, 2.24) is 15.0 Å². The maximum absolute atomic E-state index is 5.47. The first kappa shape index (κ1) is 30.9. The molecule has 12 rings (SSSR count). The molecule has 0 bridgehead atoms. The Morgan fingerprint density at radius 1 is 0.286 bits per heavy atom. The van der Waals surface area contributed by atoms with Gasteiger partial charge in [0.25, 0.3) is 0 Å². The van der Waals surface area contributed by atoms with Gasteiger partial charge in [-0.1, -0.05) is 152 Å². The van der Waals surface area contributed by atoms with Gasteiger partial charge in [0.05, 0.1) is 22.2 Å². The summed E-state index contributed by atoms with van der Waals surface area (Å²) in [6.45, 7) is 0. The van der Waals surface area contributed by atoms with Crippen molar-refractivity contribution in [3.05, 3.63) is 188 Å². The summed E-state index contributed by atoms with van der Waals surface area (Å²) >= 11 is 0. The monoisotopic (exact) mass is 709 g/mol. The van der Waals surface area contributed by atoms with E-state index in [-0.39, 0.29) is 0 Å². The first-order valence-electron chi connectivity index (χ1n) is 19.1. The van der Waals surface area contributed by atoms with E-state index in [4.69, 9.17) is 9.97 Å². The van der Waals surface area contributed by atoms with Crippen LogP contribution in [0.2, 0.25) is 0 Å². The highest BCUT2D eigenvalue weighted by atomic mass is 14.7. The Hall–Kier alpha value is -7.49. The fraction of sp³-hybridized carbons (Fsp3) is 0. The SMILES string of the molecule is c1cnc2c(c1)ccc1c(-c3ccc4c(ccc5cc(-c6ccc(-c7nc8c9ccccc9c9ccccc9c8c8ccccc78)cc6)ccc54)c3)ccnc12. The number of pyridine rings is 3. The second kappa shape index (κ2) is 12.0. The maximum Gasteiger partial charge on any atom is 0.0970 e. The molecule has 0 atom stereocenters. The molecule has 56 heavy (non-hydrogen) atoms. The zero-order valence-electron chi connectivity index (χ0n) is 30.2. The van der Waals surface area contributed by atoms with E-state index in [0.717, 1.165) is 49.5 Å². The van der Waals surface area contributed by atoms with Crippen LogP contribution in [0.25, 0.3) is 120 Å². The van der Waals surface area contributed by atoms with Crippen molar-refractivity contribution in [1.29, 1.82) is 0 Å². The summed E-state index contributed by atoms with van der Waals surface area (Å²) in [6.07, 6.45) is 3.74. The third kappa shape index (κ3) is 4.61. The quantitative estimate of drug-likeness (QED) is 0.171. The Balaban J connectivity index is 0.932. The van der Waals surface area contributed by atoms with Gasteiger partial charge in [0, 0.05) is 44.9 Å². The minimum Gasteiger partial charge on any atom is -0.254 e. The molecule has 0 amide bonds. The van der Waals surface area contributed by atoms with Crippen LogP contribution in [0.4, 0.5) is 0 Å². The van der Waals surface area contributed by atoms with Gasteiger partial charge in [-0.25, -0.2) is 4.98 Å². The highest BCUT2D eigenvalue weighted by Crippen LogP contribution is 2.41. The van der Waals surface area contributed by atoms with Crippen LogP contribution < -0.4 is 0 Å². The van der Waals surface area contributed by atoms with Crippen molar-refractivity contribution in [2.75, 3.05) is 0 Å². The van der Waals surface area contributed by atoms with E-state index in [0.29, 0.717) is 0 Å². The van der Waals surface area contributed by atoms with Gasteiger partial charge in [-0.3, -0.25) is 9.97 Å². The molecule has 0 aliphatic rings. The van der Waals surface area contributed by atoms with Crippen LogP contribution >= 0.6 is 0 Å². The third-order valence-corrected chi connectivity index (χ3v) is 11.7. The molecule has 0 fully saturated rings. The van der Waals surface area contributed by atoms with E-state index in [1.807, 2.05) is 18.5 Å². The van der Waals surface area contributed by atoms with Crippen LogP contribution in [0.5, 0.6) is 0 Å². The second-order valence-electron chi connectivity index (χ2n) is 14.7. The van der Waals surface area contributed by atoms with Crippen LogP contribution in [-0.4, -0.2) is 15.0 Å². The molecule has 0 saturated heterocycles. The predicted molar refractivity (Wildman–Crippen MR) is 236 cm³/mol. The van der Waals surface area contributed by atoms with Gasteiger partial charge < -0.3 is 0 Å². The van der Waals surface area contributed by atoms with Crippen LogP contribution in [-0.2, 0) is 0 Å². The molecule has 3 aromatic heterocycles. The fourth-order valence-corrected chi connectivity index (χ4v) is 9.06. The molecule has 12 aromatic rings. The first-order chi connectivity index (χ1) is 27.8. The highest BCUT2D eigenvalue weighted by molar-refractivity contribution is 6.31. The topological polar surface area (TPSA) is 38.7 Å². The molecule has 0 radical (unpaired) electrons. The lowest BCUT2D eigenvalue weighted by atomic mass is 9.92. The van der Waals surface area contributed by atoms with Gasteiger partial charge in [-0.05, 0) is 89.6 Å². The van der Waals surface area contributed by atoms with E-state index < -0.39 is 0 Å². The molecular formula is C53H31N3. The van der Waals surface area contributed by atoms with Crippen LogP contribution in [0.1, 0.15) is 0 Å². The zero-order chi connectivity index (χ0) is 36.7. The molecule has 0 saturated carbocycles. The van der Waals surface area contributed by atoms with Gasteiger partial charge in [0.2, 0.25) is 0 Å². The van der Waals surface area contributed by atoms with Crippen LogP contribution in [0.3, 0.4) is 0 Å². The number of fused-ring (bicyclic) bond motifs is 14. The van der Waals surface area contributed by atoms with E-state index in [1.54, 1.807) is 0 Å². The number of hydrogen-bond donors (Lipinski definition) is 0. The maximum atomic E-state index is 5.47. The van der Waals surface area contributed by atoms with Crippen LogP contribution in [0.15, 0.2) is 188 Å². The van der Waals surface area contributed by atoms with Gasteiger partial charge in [-0.15, -0.1) is 0 Å². The number of nitrogens with zero attached hydrogens (tertiary/aromatic N) is 3. The van der Waals surface area contributed by atoms with Crippen LogP contribution in [0, 0.1) is 0 Å². The van der Waals surface area contributed by atoms with Gasteiger partial charge in [0.15, 0.2) is 0 Å². The number of hydrogen-bond acceptors (Lipinski definition) is 3. The summed E-state index contributed by atoms with van der Waals surface area (Å²) < 4.78 is 0. The number of aromatic nitrogens is 3. The van der Waals surface area contributed by atoms with Crippen molar-refractivity contribution in [3.63, 3.8) is 0 Å². The summed E-state index contributed by atoms with van der Waals surface area (Å²) in [4.78, 5) is 14.8. The molecule has 0 N–H and O–H groups in total. The lowest BCUT2D eigenvalue weighted by molar-refractivity contribution is 1.37. The summed E-state index contributed by atoms with van der Waals surface area (Å²) in [5.41, 5.74) is 9.74. The zero-order valence-corrected chi connectivity index (χ0v) is 30.2. The largest absolute Gasteiger partial charge is 0.254 e. The number of benzene rings is 9. The molecular weight excluding hydrogens is 679 g/mol. The van der Waals surface area contributed by atoms with Crippen molar-refractivity contribution >= 4 is 86.6 Å². The van der Waals surface area contributed by atoms with Gasteiger partial charge in [-0.2, -0.15) is 0 Å². The lowest BCUT2D eigenvalue weighted by Gasteiger charge is -2.15. The smallest absolute Gasteiger partial charge is 0.0970 e. The summed E-state index contributed by atoms with van der Waals surface area (Å²) in [7, 11) is 0. The van der Waals surface area contributed by atoms with Gasteiger partial charge >= 0.3 is 0 Å². The minimum atomic E-state index is 0.934. The van der Waals surface area contributed by atoms with E-state index in [9.17, 15) is 0 Å². The summed E-state index contributed by atoms with van der Waals surface area (Å²) in [6, 6.07) is 63.7. The molecule has 0 aliphatic heterocycles. The van der Waals surface area contributed by atoms with Gasteiger partial charge in [0.1, 0.15) is 0 Å². The lowest BCUT2D eigenvalue weighted by Crippen LogP contribution is -1.92. The Bertz CT molecular complexity index is 3590. The van der Waals surface area contributed by atoms with E-state index >= 15 is 0 Å². The van der Waals surface area contributed by atoms with Crippen molar-refractivity contribution in [3.8, 4) is 33.5 Å². The third-order valence-electron chi connectivity index (χ3n) is 11.7. The molecule has 3 heterocycles. The Morgan fingerprint density at radius 3 is 1.61 bits per heavy atom. The van der Waals surface area contributed by atoms with E-state index in [2.05, 4.69) is 175 Å². The standard InChI is InChI=1S/C53H31N3/c1-3-11-44-42(9-1)43-10-2-5-13-46(43)52-49(44)45-12-4-6-14-47(45)50(56-52)34-17-15-32(16-18-34)35-22-24-39-36(30-35)19-20-37-31-38(23-25-40(37)39)41-27-29-55-53-48(41)26-21-33-8-7-28-54-51(33)53/h1-31H. The minimum absolute atomic E-state index is 0.934. The Morgan fingerprint density at radius 2 is 0.839 bits per heavy atom. The van der Waals surface area contributed by atoms with Crippen molar-refractivity contribution < 1.29 is 0 Å². The average molecular weight is 710 g/mol. The predicted octanol–water partition coefficient (Wildman–Crippen LogP) is 14.1. The Kier molecular flexibility index (Phi) is 6.63. The Labute approximate surface area is 322 Å². The molecule has 258 valence electrons. The average Bonchev–Trinajstić information content (AvgIpc) is 3.28. The van der Waals surface area contributed by atoms with E-state index in [1.165, 1.54) is 70.6 Å². The molecule has 0 aliphatic carbocycles. The summed E-state index contributed by atoms with van der Waals surface area (Å²) in [5.74, 6) is 0. The number of rotatable bonds is 3. The molecule has 0 unspecified atom stereocenters. The first-order valence-corrected chi connectivity index (χ1v) is 19.1. The van der Waals surface area contributed by atoms with Crippen molar-refractivity contribution in [2.45, 2.75) is 0 Å². The highest BCUT2D eigenvalue weighted by Gasteiger charge is 2.17. The summed E-state index contributed by atoms with van der Waals surface area (Å²) in [5, 5.41) is 15.7. The molecule has 0 spiro atoms. The molecule has 3 nitrogen and oxygen atoms in total. The second-order valence-corrected chi connectivity index (χ2v) is 14.7. The normalized spacial score (nSPS) is 11.9. The molecule has 9 aromatic carbocycles.